The minimum absolute atomic E-state index is 0.0392. The summed E-state index contributed by atoms with van der Waals surface area (Å²) in [6, 6.07) is 9.74. The van der Waals surface area contributed by atoms with E-state index in [0.29, 0.717) is 24.7 Å². The molecule has 0 atom stereocenters. The van der Waals surface area contributed by atoms with Crippen molar-refractivity contribution in [2.45, 2.75) is 6.42 Å². The van der Waals surface area contributed by atoms with Crippen LogP contribution in [0, 0.1) is 0 Å². The average Bonchev–Trinajstić information content (AvgIpc) is 2.43. The van der Waals surface area contributed by atoms with Gasteiger partial charge in [-0.2, -0.15) is 0 Å². The number of aromatic nitrogens is 1. The second-order valence-corrected chi connectivity index (χ2v) is 4.64. The van der Waals surface area contributed by atoms with Crippen molar-refractivity contribution in [3.8, 4) is 0 Å². The highest BCUT2D eigenvalue weighted by molar-refractivity contribution is 6.34. The Morgan fingerprint density at radius 1 is 1.11 bits per heavy atom. The van der Waals surface area contributed by atoms with Crippen LogP contribution in [-0.2, 0) is 0 Å². The maximum absolute atomic E-state index is 9.11. The monoisotopic (exact) mass is 280 g/mol. The largest absolute Gasteiger partial charge is 0.396 e. The molecule has 1 heterocycles. The smallest absolute Gasteiger partial charge is 0.139 e. The topological polar surface area (TPSA) is 56.6 Å². The maximum atomic E-state index is 9.11. The van der Waals surface area contributed by atoms with E-state index < -0.39 is 0 Å². The quantitative estimate of drug-likeness (QED) is 0.796. The first-order chi connectivity index (χ1) is 9.26. The first-order valence-electron chi connectivity index (χ1n) is 6.28. The number of anilines is 1. The van der Waals surface area contributed by atoms with Gasteiger partial charge in [0.25, 0.3) is 0 Å². The van der Waals surface area contributed by atoms with Crippen molar-refractivity contribution in [1.29, 1.82) is 0 Å². The predicted molar refractivity (Wildman–Crippen MR) is 77.8 cm³/mol. The molecule has 0 unspecified atom stereocenters. The molecule has 102 valence electrons. The summed E-state index contributed by atoms with van der Waals surface area (Å²) in [4.78, 5) is 6.30. The Kier molecular flexibility index (Phi) is 4.96. The van der Waals surface area contributed by atoms with Crippen LogP contribution in [0.15, 0.2) is 30.3 Å². The maximum Gasteiger partial charge on any atom is 0.139 e. The summed E-state index contributed by atoms with van der Waals surface area (Å²) in [5.41, 5.74) is 0. The predicted octanol–water partition coefficient (Wildman–Crippen LogP) is 2.07. The average molecular weight is 281 g/mol. The number of benzene rings is 1. The molecule has 0 bridgehead atoms. The van der Waals surface area contributed by atoms with Crippen molar-refractivity contribution in [2.75, 3.05) is 31.2 Å². The number of aliphatic hydroxyl groups excluding tert-OH is 2. The van der Waals surface area contributed by atoms with Crippen LogP contribution in [0.1, 0.15) is 6.42 Å². The minimum Gasteiger partial charge on any atom is -0.396 e. The SMILES string of the molecule is OCCCN(CCO)c1cc2ccccc2c(Cl)n1. The lowest BCUT2D eigenvalue weighted by molar-refractivity contribution is 0.281. The van der Waals surface area contributed by atoms with E-state index in [1.807, 2.05) is 35.2 Å². The van der Waals surface area contributed by atoms with E-state index in [4.69, 9.17) is 21.8 Å². The molecule has 0 aliphatic carbocycles. The zero-order chi connectivity index (χ0) is 13.7. The second kappa shape index (κ2) is 6.70. The molecule has 2 N–H and O–H groups in total. The lowest BCUT2D eigenvalue weighted by Crippen LogP contribution is -2.29. The lowest BCUT2D eigenvalue weighted by Gasteiger charge is -2.23. The molecular formula is C14H17ClN2O2. The summed E-state index contributed by atoms with van der Waals surface area (Å²) in [7, 11) is 0. The van der Waals surface area contributed by atoms with Crippen molar-refractivity contribution < 1.29 is 10.2 Å². The third-order valence-electron chi connectivity index (χ3n) is 2.96. The molecule has 0 aliphatic rings. The summed E-state index contributed by atoms with van der Waals surface area (Å²) in [6.07, 6.45) is 0.631. The highest BCUT2D eigenvalue weighted by atomic mass is 35.5. The summed E-state index contributed by atoms with van der Waals surface area (Å²) >= 11 is 6.19. The van der Waals surface area contributed by atoms with Gasteiger partial charge in [0.05, 0.1) is 6.61 Å². The van der Waals surface area contributed by atoms with E-state index in [1.165, 1.54) is 0 Å². The molecule has 2 rings (SSSR count). The molecule has 2 aromatic rings. The molecule has 19 heavy (non-hydrogen) atoms. The molecular weight excluding hydrogens is 264 g/mol. The van der Waals surface area contributed by atoms with Crippen LogP contribution in [-0.4, -0.2) is 41.5 Å². The molecule has 4 nitrogen and oxygen atoms in total. The fraction of sp³-hybridized carbons (Fsp3) is 0.357. The third-order valence-corrected chi connectivity index (χ3v) is 3.25. The standard InChI is InChI=1S/C14H17ClN2O2/c15-14-12-5-2-1-4-11(12)10-13(16-14)17(7-9-19)6-3-8-18/h1-2,4-5,10,18-19H,3,6-9H2. The van der Waals surface area contributed by atoms with Gasteiger partial charge in [-0.05, 0) is 17.9 Å². The van der Waals surface area contributed by atoms with Gasteiger partial charge in [0, 0.05) is 25.1 Å². The summed E-state index contributed by atoms with van der Waals surface area (Å²) in [5, 5.41) is 20.4. The number of hydrogen-bond acceptors (Lipinski definition) is 4. The first-order valence-corrected chi connectivity index (χ1v) is 6.66. The fourth-order valence-corrected chi connectivity index (χ4v) is 2.29. The van der Waals surface area contributed by atoms with Gasteiger partial charge < -0.3 is 15.1 Å². The number of rotatable bonds is 6. The van der Waals surface area contributed by atoms with Crippen molar-refractivity contribution in [3.05, 3.63) is 35.5 Å². The van der Waals surface area contributed by atoms with Crippen LogP contribution in [0.5, 0.6) is 0 Å². The summed E-state index contributed by atoms with van der Waals surface area (Å²) in [5.74, 6) is 0.728. The molecule has 0 saturated heterocycles. The van der Waals surface area contributed by atoms with Crippen LogP contribution in [0.25, 0.3) is 10.8 Å². The van der Waals surface area contributed by atoms with Crippen molar-refractivity contribution in [1.82, 2.24) is 4.98 Å². The van der Waals surface area contributed by atoms with Gasteiger partial charge in [0.2, 0.25) is 0 Å². The zero-order valence-electron chi connectivity index (χ0n) is 10.6. The molecule has 0 radical (unpaired) electrons. The number of pyridine rings is 1. The number of hydrogen-bond donors (Lipinski definition) is 2. The third kappa shape index (κ3) is 3.35. The molecule has 0 spiro atoms. The van der Waals surface area contributed by atoms with Crippen LogP contribution >= 0.6 is 11.6 Å². The van der Waals surface area contributed by atoms with Crippen molar-refractivity contribution in [2.24, 2.45) is 0 Å². The van der Waals surface area contributed by atoms with Gasteiger partial charge >= 0.3 is 0 Å². The second-order valence-electron chi connectivity index (χ2n) is 4.28. The van der Waals surface area contributed by atoms with Gasteiger partial charge in [0.15, 0.2) is 0 Å². The van der Waals surface area contributed by atoms with Crippen LogP contribution in [0.4, 0.5) is 5.82 Å². The lowest BCUT2D eigenvalue weighted by atomic mass is 10.2. The summed E-state index contributed by atoms with van der Waals surface area (Å²) in [6.45, 7) is 1.27. The molecule has 5 heteroatoms. The summed E-state index contributed by atoms with van der Waals surface area (Å²) < 4.78 is 0. The fourth-order valence-electron chi connectivity index (χ4n) is 2.03. The van der Waals surface area contributed by atoms with Gasteiger partial charge in [-0.1, -0.05) is 35.9 Å². The van der Waals surface area contributed by atoms with Gasteiger partial charge in [-0.3, -0.25) is 0 Å². The van der Waals surface area contributed by atoms with Gasteiger partial charge in [-0.15, -0.1) is 0 Å². The van der Waals surface area contributed by atoms with Crippen LogP contribution in [0.3, 0.4) is 0 Å². The number of nitrogens with zero attached hydrogens (tertiary/aromatic N) is 2. The highest BCUT2D eigenvalue weighted by Crippen LogP contribution is 2.26. The van der Waals surface area contributed by atoms with Gasteiger partial charge in [-0.25, -0.2) is 4.98 Å². The Bertz CT molecular complexity index is 548. The molecule has 0 saturated carbocycles. The molecule has 1 aromatic carbocycles. The van der Waals surface area contributed by atoms with E-state index in [0.717, 1.165) is 16.6 Å². The zero-order valence-corrected chi connectivity index (χ0v) is 11.3. The molecule has 1 aromatic heterocycles. The van der Waals surface area contributed by atoms with Gasteiger partial charge in [0.1, 0.15) is 11.0 Å². The number of fused-ring (bicyclic) bond motifs is 1. The number of aliphatic hydroxyl groups is 2. The van der Waals surface area contributed by atoms with Crippen LogP contribution < -0.4 is 4.90 Å². The van der Waals surface area contributed by atoms with Crippen molar-refractivity contribution >= 4 is 28.2 Å². The van der Waals surface area contributed by atoms with E-state index >= 15 is 0 Å². The molecule has 0 amide bonds. The minimum atomic E-state index is 0.0392. The Morgan fingerprint density at radius 2 is 1.89 bits per heavy atom. The van der Waals surface area contributed by atoms with Crippen molar-refractivity contribution in [3.63, 3.8) is 0 Å². The van der Waals surface area contributed by atoms with Crippen LogP contribution in [0.2, 0.25) is 5.15 Å². The Labute approximate surface area is 117 Å². The Hall–Kier alpha value is -1.36. The highest BCUT2D eigenvalue weighted by Gasteiger charge is 2.10. The normalized spacial score (nSPS) is 10.9. The first kappa shape index (κ1) is 14.1. The Balaban J connectivity index is 2.36. The molecule has 0 aliphatic heterocycles. The van der Waals surface area contributed by atoms with E-state index in [9.17, 15) is 0 Å². The Morgan fingerprint density at radius 3 is 2.63 bits per heavy atom. The van der Waals surface area contributed by atoms with E-state index in [-0.39, 0.29) is 13.2 Å². The van der Waals surface area contributed by atoms with E-state index in [1.54, 1.807) is 0 Å². The van der Waals surface area contributed by atoms with E-state index in [2.05, 4.69) is 4.98 Å². The number of halogens is 1. The molecule has 0 fully saturated rings.